The van der Waals surface area contributed by atoms with Crippen molar-refractivity contribution < 1.29 is 9.53 Å². The minimum atomic E-state index is 0.113. The van der Waals surface area contributed by atoms with E-state index >= 15 is 0 Å². The van der Waals surface area contributed by atoms with E-state index in [1.807, 2.05) is 66.5 Å². The maximum absolute atomic E-state index is 12.8. The molecule has 4 heteroatoms. The molecule has 0 spiro atoms. The Labute approximate surface area is 156 Å². The van der Waals surface area contributed by atoms with Crippen LogP contribution in [0.4, 0.5) is 0 Å². The number of amides is 1. The maximum atomic E-state index is 12.8. The van der Waals surface area contributed by atoms with Crippen LogP contribution in [0.2, 0.25) is 0 Å². The van der Waals surface area contributed by atoms with E-state index in [1.165, 1.54) is 6.42 Å². The van der Waals surface area contributed by atoms with E-state index in [1.54, 1.807) is 0 Å². The Bertz CT molecular complexity index is 694. The second-order valence-electron chi connectivity index (χ2n) is 6.93. The van der Waals surface area contributed by atoms with Gasteiger partial charge in [-0.2, -0.15) is 0 Å². The van der Waals surface area contributed by atoms with Crippen molar-refractivity contribution in [3.8, 4) is 5.75 Å². The van der Waals surface area contributed by atoms with Gasteiger partial charge in [0.2, 0.25) is 0 Å². The fourth-order valence-electron chi connectivity index (χ4n) is 3.42. The van der Waals surface area contributed by atoms with Crippen LogP contribution in [0.15, 0.2) is 54.6 Å². The zero-order chi connectivity index (χ0) is 18.2. The van der Waals surface area contributed by atoms with Gasteiger partial charge >= 0.3 is 0 Å². The quantitative estimate of drug-likeness (QED) is 0.826. The third-order valence-electron chi connectivity index (χ3n) is 5.03. The first-order chi connectivity index (χ1) is 12.8. The van der Waals surface area contributed by atoms with E-state index in [9.17, 15) is 4.79 Å². The third-order valence-corrected chi connectivity index (χ3v) is 5.03. The van der Waals surface area contributed by atoms with Crippen LogP contribution in [0.5, 0.6) is 5.75 Å². The van der Waals surface area contributed by atoms with Gasteiger partial charge in [-0.1, -0.05) is 36.4 Å². The van der Waals surface area contributed by atoms with Gasteiger partial charge in [0.05, 0.1) is 0 Å². The zero-order valence-corrected chi connectivity index (χ0v) is 15.5. The molecular formula is C22H28N2O2. The van der Waals surface area contributed by atoms with Crippen molar-refractivity contribution in [3.63, 3.8) is 0 Å². The summed E-state index contributed by atoms with van der Waals surface area (Å²) in [5, 5.41) is 3.21. The van der Waals surface area contributed by atoms with Crippen LogP contribution in [-0.2, 0) is 6.61 Å². The number of piperidine rings is 1. The van der Waals surface area contributed by atoms with Crippen LogP contribution in [0.3, 0.4) is 0 Å². The van der Waals surface area contributed by atoms with Crippen molar-refractivity contribution in [2.75, 3.05) is 26.7 Å². The van der Waals surface area contributed by atoms with Crippen LogP contribution in [0.25, 0.3) is 0 Å². The van der Waals surface area contributed by atoms with Crippen LogP contribution >= 0.6 is 0 Å². The monoisotopic (exact) mass is 352 g/mol. The lowest BCUT2D eigenvalue weighted by Gasteiger charge is -2.32. The molecule has 2 aromatic carbocycles. The molecule has 138 valence electrons. The molecule has 0 atom stereocenters. The Balaban J connectivity index is 1.55. The molecule has 0 unspecified atom stereocenters. The lowest BCUT2D eigenvalue weighted by Crippen LogP contribution is -2.38. The van der Waals surface area contributed by atoms with Crippen molar-refractivity contribution >= 4 is 5.91 Å². The smallest absolute Gasteiger partial charge is 0.253 e. The molecule has 4 nitrogen and oxygen atoms in total. The van der Waals surface area contributed by atoms with Gasteiger partial charge < -0.3 is 15.0 Å². The summed E-state index contributed by atoms with van der Waals surface area (Å²) >= 11 is 0. The average Bonchev–Trinajstić information content (AvgIpc) is 2.71. The molecule has 1 heterocycles. The Morgan fingerprint density at radius 2 is 1.88 bits per heavy atom. The molecule has 1 aliphatic rings. The Kier molecular flexibility index (Phi) is 6.67. The molecule has 0 aromatic heterocycles. The number of nitrogens with zero attached hydrogens (tertiary/aromatic N) is 1. The van der Waals surface area contributed by atoms with E-state index < -0.39 is 0 Å². The first-order valence-corrected chi connectivity index (χ1v) is 9.47. The van der Waals surface area contributed by atoms with Gasteiger partial charge in [0, 0.05) is 18.7 Å². The summed E-state index contributed by atoms with van der Waals surface area (Å²) in [5.74, 6) is 1.58. The zero-order valence-electron chi connectivity index (χ0n) is 15.5. The SMILES string of the molecule is CNCCC1CCN(C(=O)c2cccc(OCc3ccccc3)c2)CC1. The molecule has 1 amide bonds. The average molecular weight is 352 g/mol. The summed E-state index contributed by atoms with van der Waals surface area (Å²) in [4.78, 5) is 14.8. The van der Waals surface area contributed by atoms with Gasteiger partial charge in [-0.05, 0) is 62.5 Å². The molecule has 1 aliphatic heterocycles. The van der Waals surface area contributed by atoms with Gasteiger partial charge in [0.25, 0.3) is 5.91 Å². The maximum Gasteiger partial charge on any atom is 0.253 e. The van der Waals surface area contributed by atoms with Gasteiger partial charge in [0.15, 0.2) is 0 Å². The number of likely N-dealkylation sites (tertiary alicyclic amines) is 1. The fraction of sp³-hybridized carbons (Fsp3) is 0.409. The number of carbonyl (C=O) groups is 1. The van der Waals surface area contributed by atoms with Crippen LogP contribution in [-0.4, -0.2) is 37.5 Å². The highest BCUT2D eigenvalue weighted by Crippen LogP contribution is 2.23. The summed E-state index contributed by atoms with van der Waals surface area (Å²) in [6, 6.07) is 17.6. The molecule has 1 saturated heterocycles. The van der Waals surface area contributed by atoms with E-state index in [0.29, 0.717) is 12.2 Å². The van der Waals surface area contributed by atoms with Crippen molar-refractivity contribution in [1.82, 2.24) is 10.2 Å². The van der Waals surface area contributed by atoms with Gasteiger partial charge in [0.1, 0.15) is 12.4 Å². The molecular weight excluding hydrogens is 324 g/mol. The molecule has 3 rings (SSSR count). The highest BCUT2D eigenvalue weighted by Gasteiger charge is 2.23. The predicted molar refractivity (Wildman–Crippen MR) is 104 cm³/mol. The molecule has 1 fully saturated rings. The lowest BCUT2D eigenvalue weighted by molar-refractivity contribution is 0.0686. The lowest BCUT2D eigenvalue weighted by atomic mass is 9.93. The third kappa shape index (κ3) is 5.09. The van der Waals surface area contributed by atoms with Gasteiger partial charge in [-0.3, -0.25) is 4.79 Å². The van der Waals surface area contributed by atoms with Crippen molar-refractivity contribution in [1.29, 1.82) is 0 Å². The molecule has 26 heavy (non-hydrogen) atoms. The summed E-state index contributed by atoms with van der Waals surface area (Å²) in [5.41, 5.74) is 1.83. The van der Waals surface area contributed by atoms with E-state index in [-0.39, 0.29) is 5.91 Å². The number of rotatable bonds is 7. The highest BCUT2D eigenvalue weighted by atomic mass is 16.5. The van der Waals surface area contributed by atoms with Crippen molar-refractivity contribution in [3.05, 3.63) is 65.7 Å². The van der Waals surface area contributed by atoms with E-state index in [2.05, 4.69) is 5.32 Å². The predicted octanol–water partition coefficient (Wildman–Crippen LogP) is 3.73. The highest BCUT2D eigenvalue weighted by molar-refractivity contribution is 5.94. The minimum absolute atomic E-state index is 0.113. The van der Waals surface area contributed by atoms with Gasteiger partial charge in [-0.25, -0.2) is 0 Å². The summed E-state index contributed by atoms with van der Waals surface area (Å²) in [7, 11) is 1.99. The second-order valence-corrected chi connectivity index (χ2v) is 6.93. The largest absolute Gasteiger partial charge is 0.489 e. The number of hydrogen-bond donors (Lipinski definition) is 1. The Morgan fingerprint density at radius 3 is 2.62 bits per heavy atom. The number of ether oxygens (including phenoxy) is 1. The second kappa shape index (κ2) is 9.39. The summed E-state index contributed by atoms with van der Waals surface area (Å²) in [6.45, 7) is 3.26. The normalized spacial score (nSPS) is 15.0. The molecule has 0 aliphatic carbocycles. The van der Waals surface area contributed by atoms with Crippen molar-refractivity contribution in [2.24, 2.45) is 5.92 Å². The molecule has 1 N–H and O–H groups in total. The number of carbonyl (C=O) groups excluding carboxylic acids is 1. The van der Waals surface area contributed by atoms with E-state index in [0.717, 1.165) is 49.7 Å². The first kappa shape index (κ1) is 18.5. The van der Waals surface area contributed by atoms with Crippen LogP contribution in [0.1, 0.15) is 35.2 Å². The molecule has 2 aromatic rings. The number of nitrogens with one attached hydrogen (secondary N) is 1. The first-order valence-electron chi connectivity index (χ1n) is 9.47. The fourth-order valence-corrected chi connectivity index (χ4v) is 3.42. The van der Waals surface area contributed by atoms with Crippen LogP contribution in [0, 0.1) is 5.92 Å². The van der Waals surface area contributed by atoms with E-state index in [4.69, 9.17) is 4.74 Å². The Morgan fingerprint density at radius 1 is 1.12 bits per heavy atom. The minimum Gasteiger partial charge on any atom is -0.489 e. The standard InChI is InChI=1S/C22H28N2O2/c1-23-13-10-18-11-14-24(15-12-18)22(25)20-8-5-9-21(16-20)26-17-19-6-3-2-4-7-19/h2-9,16,18,23H,10-15,17H2,1H3. The number of hydrogen-bond acceptors (Lipinski definition) is 3. The summed E-state index contributed by atoms with van der Waals surface area (Å²) < 4.78 is 5.85. The van der Waals surface area contributed by atoms with Crippen LogP contribution < -0.4 is 10.1 Å². The summed E-state index contributed by atoms with van der Waals surface area (Å²) in [6.07, 6.45) is 3.39. The Hall–Kier alpha value is -2.33. The topological polar surface area (TPSA) is 41.6 Å². The van der Waals surface area contributed by atoms with Gasteiger partial charge in [-0.15, -0.1) is 0 Å². The molecule has 0 radical (unpaired) electrons. The molecule has 0 bridgehead atoms. The molecule has 0 saturated carbocycles. The van der Waals surface area contributed by atoms with Crippen molar-refractivity contribution in [2.45, 2.75) is 25.9 Å². The number of benzene rings is 2.